The van der Waals surface area contributed by atoms with Crippen LogP contribution in [0.25, 0.3) is 0 Å². The minimum atomic E-state index is -0.215. The Hall–Kier alpha value is -1.58. The molecule has 4 heteroatoms. The molecule has 1 aromatic rings. The molecule has 0 amide bonds. The van der Waals surface area contributed by atoms with E-state index in [-0.39, 0.29) is 11.8 Å². The van der Waals surface area contributed by atoms with Gasteiger partial charge in [-0.1, -0.05) is 18.2 Å². The van der Waals surface area contributed by atoms with Gasteiger partial charge in [-0.3, -0.25) is 4.99 Å². The third-order valence-electron chi connectivity index (χ3n) is 1.63. The molecule has 4 N–H and O–H groups in total. The van der Waals surface area contributed by atoms with Crippen LogP contribution in [0.5, 0.6) is 0 Å². The number of nitrogens with zero attached hydrogens (tertiary/aromatic N) is 1. The zero-order valence-electron chi connectivity index (χ0n) is 7.20. The molecule has 0 heterocycles. The molecular formula is C9H12FN3. The van der Waals surface area contributed by atoms with Crippen molar-refractivity contribution in [2.75, 3.05) is 6.54 Å². The first-order valence-corrected chi connectivity index (χ1v) is 3.99. The average Bonchev–Trinajstić information content (AvgIpc) is 2.08. The van der Waals surface area contributed by atoms with E-state index in [1.54, 1.807) is 18.2 Å². The molecule has 0 radical (unpaired) electrons. The van der Waals surface area contributed by atoms with Crippen LogP contribution in [0.15, 0.2) is 29.3 Å². The first kappa shape index (κ1) is 9.51. The summed E-state index contributed by atoms with van der Waals surface area (Å²) in [6, 6.07) is 6.58. The second-order valence-electron chi connectivity index (χ2n) is 2.65. The van der Waals surface area contributed by atoms with Gasteiger partial charge in [-0.05, 0) is 18.1 Å². The number of hydrogen-bond donors (Lipinski definition) is 2. The van der Waals surface area contributed by atoms with Gasteiger partial charge in [0.25, 0.3) is 0 Å². The van der Waals surface area contributed by atoms with Gasteiger partial charge in [0.1, 0.15) is 5.82 Å². The number of rotatable bonds is 3. The average molecular weight is 180 g/mol. The third kappa shape index (κ3) is 3.11. The van der Waals surface area contributed by atoms with E-state index >= 15 is 0 Å². The van der Waals surface area contributed by atoms with Crippen LogP contribution in [-0.2, 0) is 6.42 Å². The Morgan fingerprint density at radius 3 is 2.62 bits per heavy atom. The summed E-state index contributed by atoms with van der Waals surface area (Å²) >= 11 is 0. The van der Waals surface area contributed by atoms with E-state index in [2.05, 4.69) is 4.99 Å². The lowest BCUT2D eigenvalue weighted by Crippen LogP contribution is -2.23. The van der Waals surface area contributed by atoms with E-state index in [4.69, 9.17) is 11.5 Å². The third-order valence-corrected chi connectivity index (χ3v) is 1.63. The molecule has 1 rings (SSSR count). The maximum absolute atomic E-state index is 13.0. The monoisotopic (exact) mass is 180 g/mol. The van der Waals surface area contributed by atoms with Crippen LogP contribution >= 0.6 is 0 Å². The van der Waals surface area contributed by atoms with Crippen LogP contribution in [0.1, 0.15) is 5.56 Å². The fourth-order valence-electron chi connectivity index (χ4n) is 1.01. The maximum Gasteiger partial charge on any atom is 0.185 e. The van der Waals surface area contributed by atoms with E-state index in [1.807, 2.05) is 0 Å². The highest BCUT2D eigenvalue weighted by Crippen LogP contribution is 2.06. The Morgan fingerprint density at radius 2 is 2.00 bits per heavy atom. The van der Waals surface area contributed by atoms with E-state index in [1.165, 1.54) is 6.07 Å². The molecule has 0 bridgehead atoms. The Morgan fingerprint density at radius 1 is 1.31 bits per heavy atom. The molecule has 1 aromatic carbocycles. The van der Waals surface area contributed by atoms with E-state index in [0.717, 1.165) is 0 Å². The van der Waals surface area contributed by atoms with Gasteiger partial charge >= 0.3 is 0 Å². The van der Waals surface area contributed by atoms with Gasteiger partial charge < -0.3 is 11.5 Å². The van der Waals surface area contributed by atoms with Gasteiger partial charge in [-0.2, -0.15) is 0 Å². The lowest BCUT2D eigenvalue weighted by atomic mass is 10.1. The SMILES string of the molecule is N[11C](N)=NCCc1ccccc1F. The van der Waals surface area contributed by atoms with Crippen molar-refractivity contribution in [3.63, 3.8) is 0 Å². The molecule has 13 heavy (non-hydrogen) atoms. The van der Waals surface area contributed by atoms with Crippen LogP contribution in [0.3, 0.4) is 0 Å². The van der Waals surface area contributed by atoms with Gasteiger partial charge in [0.05, 0.1) is 0 Å². The van der Waals surface area contributed by atoms with Crippen LogP contribution in [-0.4, -0.2) is 12.5 Å². The zero-order chi connectivity index (χ0) is 9.68. The van der Waals surface area contributed by atoms with Crippen LogP contribution < -0.4 is 11.5 Å². The summed E-state index contributed by atoms with van der Waals surface area (Å²) in [5.41, 5.74) is 10.9. The Kier molecular flexibility index (Phi) is 3.25. The lowest BCUT2D eigenvalue weighted by Gasteiger charge is -1.99. The molecule has 0 atom stereocenters. The van der Waals surface area contributed by atoms with Crippen LogP contribution in [0.2, 0.25) is 0 Å². The van der Waals surface area contributed by atoms with Crippen LogP contribution in [0, 0.1) is 5.82 Å². The van der Waals surface area contributed by atoms with Crippen LogP contribution in [0.4, 0.5) is 4.39 Å². The molecule has 0 aliphatic heterocycles. The summed E-state index contributed by atoms with van der Waals surface area (Å²) in [4.78, 5) is 3.77. The fourth-order valence-corrected chi connectivity index (χ4v) is 1.01. The zero-order valence-corrected chi connectivity index (χ0v) is 7.20. The number of halogens is 1. The minimum Gasteiger partial charge on any atom is -0.370 e. The Labute approximate surface area is 76.3 Å². The summed E-state index contributed by atoms with van der Waals surface area (Å²) in [6.45, 7) is 0.420. The molecule has 0 aliphatic rings. The van der Waals surface area contributed by atoms with E-state index < -0.39 is 0 Å². The number of benzene rings is 1. The first-order valence-electron chi connectivity index (χ1n) is 3.99. The van der Waals surface area contributed by atoms with Crippen molar-refractivity contribution in [1.29, 1.82) is 0 Å². The normalized spacial score (nSPS) is 9.62. The molecule has 70 valence electrons. The fraction of sp³-hybridized carbons (Fsp3) is 0.222. The molecule has 0 aromatic heterocycles. The number of aliphatic imine (C=N–C) groups is 1. The van der Waals surface area contributed by atoms with Crippen molar-refractivity contribution in [1.82, 2.24) is 0 Å². The molecule has 3 nitrogen and oxygen atoms in total. The van der Waals surface area contributed by atoms with Crippen molar-refractivity contribution < 1.29 is 4.39 Å². The standard InChI is InChI=1S/C9H12FN3/c10-8-4-2-1-3-7(8)5-6-13-9(11)12/h1-4H,5-6H2,(H4,11,12,13)/i9-1. The van der Waals surface area contributed by atoms with Gasteiger partial charge in [0, 0.05) is 6.54 Å². The Balaban J connectivity index is 2.55. The van der Waals surface area contributed by atoms with Gasteiger partial charge in [-0.25, -0.2) is 4.39 Å². The highest BCUT2D eigenvalue weighted by atomic mass is 19.1. The highest BCUT2D eigenvalue weighted by molar-refractivity contribution is 5.75. The van der Waals surface area contributed by atoms with Gasteiger partial charge in [0.15, 0.2) is 5.96 Å². The topological polar surface area (TPSA) is 64.4 Å². The molecule has 0 aliphatic carbocycles. The predicted octanol–water partition coefficient (Wildman–Crippen LogP) is 0.642. The summed E-state index contributed by atoms with van der Waals surface area (Å²) < 4.78 is 13.0. The smallest absolute Gasteiger partial charge is 0.185 e. The number of guanidine groups is 1. The molecule has 0 fully saturated rings. The number of hydrogen-bond acceptors (Lipinski definition) is 1. The number of nitrogens with two attached hydrogens (primary N) is 2. The van der Waals surface area contributed by atoms with Crippen molar-refractivity contribution in [3.05, 3.63) is 35.6 Å². The minimum absolute atomic E-state index is 0.0383. The first-order chi connectivity index (χ1) is 6.20. The van der Waals surface area contributed by atoms with E-state index in [0.29, 0.717) is 18.5 Å². The molecule has 0 spiro atoms. The maximum atomic E-state index is 13.0. The summed E-state index contributed by atoms with van der Waals surface area (Å²) in [6.07, 6.45) is 0.518. The lowest BCUT2D eigenvalue weighted by molar-refractivity contribution is 0.609. The van der Waals surface area contributed by atoms with Crippen molar-refractivity contribution >= 4 is 5.96 Å². The summed E-state index contributed by atoms with van der Waals surface area (Å²) in [7, 11) is 0. The van der Waals surface area contributed by atoms with Crippen molar-refractivity contribution in [3.8, 4) is 0 Å². The van der Waals surface area contributed by atoms with Crippen molar-refractivity contribution in [2.24, 2.45) is 16.5 Å². The molecular weight excluding hydrogens is 168 g/mol. The summed E-state index contributed by atoms with van der Waals surface area (Å²) in [5.74, 6) is -0.176. The van der Waals surface area contributed by atoms with Gasteiger partial charge in [0.2, 0.25) is 0 Å². The van der Waals surface area contributed by atoms with Gasteiger partial charge in [-0.15, -0.1) is 0 Å². The predicted molar refractivity (Wildman–Crippen MR) is 50.8 cm³/mol. The molecule has 0 saturated carbocycles. The highest BCUT2D eigenvalue weighted by Gasteiger charge is 1.98. The Bertz CT molecular complexity index is 305. The quantitative estimate of drug-likeness (QED) is 0.529. The largest absolute Gasteiger partial charge is 0.370 e. The second-order valence-corrected chi connectivity index (χ2v) is 2.65. The second kappa shape index (κ2) is 4.45. The van der Waals surface area contributed by atoms with E-state index in [9.17, 15) is 4.39 Å². The van der Waals surface area contributed by atoms with Crippen molar-refractivity contribution in [2.45, 2.75) is 6.42 Å². The molecule has 0 unspecified atom stereocenters. The summed E-state index contributed by atoms with van der Waals surface area (Å²) in [5, 5.41) is 0. The molecule has 0 saturated heterocycles.